The molecule has 2 amide bonds. The van der Waals surface area contributed by atoms with Crippen molar-refractivity contribution in [2.45, 2.75) is 68.9 Å². The summed E-state index contributed by atoms with van der Waals surface area (Å²) in [6.07, 6.45) is -6.97. The van der Waals surface area contributed by atoms with E-state index in [1.807, 2.05) is 0 Å². The van der Waals surface area contributed by atoms with Crippen molar-refractivity contribution in [2.24, 2.45) is 0 Å². The molecule has 0 spiro atoms. The van der Waals surface area contributed by atoms with Crippen LogP contribution in [0.15, 0.2) is 36.2 Å². The van der Waals surface area contributed by atoms with Gasteiger partial charge in [-0.25, -0.2) is 17.5 Å². The molecule has 1 aliphatic heterocycles. The molecule has 43 heavy (non-hydrogen) atoms. The fourth-order valence-electron chi connectivity index (χ4n) is 4.74. The van der Waals surface area contributed by atoms with Crippen LogP contribution in [0.2, 0.25) is 0 Å². The fraction of sp³-hybridized carbons (Fsp3) is 0.500. The number of ether oxygens (including phenoxy) is 1. The zero-order valence-electron chi connectivity index (χ0n) is 22.6. The summed E-state index contributed by atoms with van der Waals surface area (Å²) in [4.78, 5) is 26.0. The summed E-state index contributed by atoms with van der Waals surface area (Å²) in [5, 5.41) is 5.80. The molecule has 2 N–H and O–H groups in total. The first-order valence-corrected chi connectivity index (χ1v) is 15.0. The Morgan fingerprint density at radius 3 is 2.44 bits per heavy atom. The Morgan fingerprint density at radius 2 is 1.86 bits per heavy atom. The highest BCUT2D eigenvalue weighted by Crippen LogP contribution is 2.49. The third-order valence-corrected chi connectivity index (χ3v) is 7.49. The lowest BCUT2D eigenvalue weighted by Crippen LogP contribution is -2.60. The van der Waals surface area contributed by atoms with E-state index < -0.39 is 75.1 Å². The van der Waals surface area contributed by atoms with E-state index in [0.29, 0.717) is 12.3 Å². The van der Waals surface area contributed by atoms with E-state index >= 15 is 4.39 Å². The number of aromatic nitrogens is 2. The number of amides is 2. The minimum absolute atomic E-state index is 0.0259. The Kier molecular flexibility index (Phi) is 8.86. The summed E-state index contributed by atoms with van der Waals surface area (Å²) < 4.78 is 128. The van der Waals surface area contributed by atoms with Crippen LogP contribution in [0, 0.1) is 5.82 Å². The van der Waals surface area contributed by atoms with E-state index in [4.69, 9.17) is 4.74 Å². The lowest BCUT2D eigenvalue weighted by Gasteiger charge is -2.41. The molecular weight excluding hydrogens is 613 g/mol. The van der Waals surface area contributed by atoms with E-state index in [-0.39, 0.29) is 43.2 Å². The van der Waals surface area contributed by atoms with Crippen LogP contribution in [0.3, 0.4) is 0 Å². The number of nitrogens with zero attached hydrogens (tertiary/aromatic N) is 2. The molecule has 17 heteroatoms. The van der Waals surface area contributed by atoms with E-state index in [9.17, 15) is 44.3 Å². The lowest BCUT2D eigenvalue weighted by molar-refractivity contribution is -0.202. The number of unbranched alkanes of at least 4 members (excludes halogenated alkanes) is 2. The maximum absolute atomic E-state index is 15.4. The zero-order chi connectivity index (χ0) is 31.8. The molecule has 1 atom stereocenters. The number of sulfonamides is 1. The number of halogens is 7. The number of nitrogens with one attached hydrogen (secondary N) is 2. The highest BCUT2D eigenvalue weighted by atomic mass is 32.2. The highest BCUT2D eigenvalue weighted by Gasteiger charge is 2.61. The Bertz CT molecular complexity index is 1530. The topological polar surface area (TPSA) is 119 Å². The molecular formula is C26H27F7N4O5S. The van der Waals surface area contributed by atoms with Crippen LogP contribution in [0.5, 0.6) is 5.75 Å². The van der Waals surface area contributed by atoms with Gasteiger partial charge in [0.15, 0.2) is 5.54 Å². The number of alkyl halides is 6. The Morgan fingerprint density at radius 1 is 1.16 bits per heavy atom. The van der Waals surface area contributed by atoms with Gasteiger partial charge < -0.3 is 10.1 Å². The van der Waals surface area contributed by atoms with Crippen LogP contribution in [-0.4, -0.2) is 55.2 Å². The van der Waals surface area contributed by atoms with Gasteiger partial charge in [0.05, 0.1) is 25.1 Å². The summed E-state index contributed by atoms with van der Waals surface area (Å²) >= 11 is 0. The first kappa shape index (κ1) is 32.3. The van der Waals surface area contributed by atoms with Crippen LogP contribution >= 0.6 is 0 Å². The van der Waals surface area contributed by atoms with Crippen LogP contribution in [0.25, 0.3) is 5.57 Å². The van der Waals surface area contributed by atoms with Crippen LogP contribution in [-0.2, 0) is 25.2 Å². The first-order chi connectivity index (χ1) is 19.9. The molecule has 236 valence electrons. The van der Waals surface area contributed by atoms with Crippen LogP contribution in [0.4, 0.5) is 30.7 Å². The molecule has 1 aromatic carbocycles. The lowest BCUT2D eigenvalue weighted by atomic mass is 9.76. The molecule has 0 radical (unpaired) electrons. The average molecular weight is 641 g/mol. The maximum atomic E-state index is 15.4. The quantitative estimate of drug-likeness (QED) is 0.210. The Hall–Kier alpha value is -3.63. The molecule has 0 bridgehead atoms. The Balaban J connectivity index is 1.67. The van der Waals surface area contributed by atoms with E-state index in [0.717, 1.165) is 31.2 Å². The van der Waals surface area contributed by atoms with Gasteiger partial charge in [0.1, 0.15) is 17.1 Å². The van der Waals surface area contributed by atoms with Gasteiger partial charge in [-0.1, -0.05) is 0 Å². The standard InChI is InChI=1S/C26H27F7N4O5S/c1-43(40,41)36-23(39)21-18(15-13-34-37(14-15)16-5-6-16)12-24(26(31,32)33,35-22(21)38)19-8-7-17(11-20(19)27)42-10-4-2-3-9-25(28,29)30/h7-8,11,13-14,16H,2-6,9-10,12H2,1H3,(H,35,38)(H,36,39)/t24-/m0/s1. The van der Waals surface area contributed by atoms with Crippen molar-refractivity contribution in [3.8, 4) is 5.75 Å². The molecule has 0 unspecified atom stereocenters. The van der Waals surface area contributed by atoms with Crippen molar-refractivity contribution in [3.05, 3.63) is 53.1 Å². The van der Waals surface area contributed by atoms with Crippen LogP contribution < -0.4 is 14.8 Å². The van der Waals surface area contributed by atoms with E-state index in [2.05, 4.69) is 5.10 Å². The normalized spacial score (nSPS) is 19.8. The SMILES string of the molecule is CS(=O)(=O)NC(=O)C1=C(c2cnn(C3CC3)c2)C[C@](c2ccc(OCCCCCC(F)(F)F)cc2F)(C(F)(F)F)NC1=O. The minimum atomic E-state index is -5.32. The van der Waals surface area contributed by atoms with Crippen LogP contribution in [0.1, 0.15) is 62.1 Å². The van der Waals surface area contributed by atoms with E-state index in [1.54, 1.807) is 10.0 Å². The number of hydrogen-bond acceptors (Lipinski definition) is 6. The van der Waals surface area contributed by atoms with Gasteiger partial charge >= 0.3 is 12.4 Å². The van der Waals surface area contributed by atoms with Crippen molar-refractivity contribution >= 4 is 27.4 Å². The highest BCUT2D eigenvalue weighted by molar-refractivity contribution is 7.89. The second kappa shape index (κ2) is 11.8. The molecule has 1 aliphatic carbocycles. The maximum Gasteiger partial charge on any atom is 0.416 e. The van der Waals surface area contributed by atoms with Gasteiger partial charge in [-0.05, 0) is 49.8 Å². The molecule has 2 aliphatic rings. The van der Waals surface area contributed by atoms with E-state index in [1.165, 1.54) is 10.9 Å². The summed E-state index contributed by atoms with van der Waals surface area (Å²) in [6, 6.07) is 2.41. The van der Waals surface area contributed by atoms with Crippen molar-refractivity contribution in [3.63, 3.8) is 0 Å². The molecule has 1 aromatic heterocycles. The molecule has 1 fully saturated rings. The molecule has 4 rings (SSSR count). The van der Waals surface area contributed by atoms with Gasteiger partial charge in [-0.2, -0.15) is 31.4 Å². The third kappa shape index (κ3) is 7.67. The largest absolute Gasteiger partial charge is 0.493 e. The van der Waals surface area contributed by atoms with Gasteiger partial charge in [0.25, 0.3) is 11.8 Å². The molecule has 2 aromatic rings. The first-order valence-electron chi connectivity index (χ1n) is 13.1. The predicted octanol–water partition coefficient (Wildman–Crippen LogP) is 4.67. The van der Waals surface area contributed by atoms with Crippen molar-refractivity contribution in [1.82, 2.24) is 19.8 Å². The summed E-state index contributed by atoms with van der Waals surface area (Å²) in [5.41, 5.74) is -5.82. The van der Waals surface area contributed by atoms with Gasteiger partial charge in [0, 0.05) is 36.2 Å². The third-order valence-electron chi connectivity index (χ3n) is 6.93. The average Bonchev–Trinajstić information content (AvgIpc) is 3.59. The van der Waals surface area contributed by atoms with Crippen molar-refractivity contribution in [2.75, 3.05) is 12.9 Å². The monoisotopic (exact) mass is 640 g/mol. The number of carbonyl (C=O) groups is 2. The van der Waals surface area contributed by atoms with Gasteiger partial charge in [-0.15, -0.1) is 0 Å². The van der Waals surface area contributed by atoms with Gasteiger partial charge in [0.2, 0.25) is 10.0 Å². The second-order valence-corrected chi connectivity index (χ2v) is 12.2. The molecule has 2 heterocycles. The van der Waals surface area contributed by atoms with Crippen molar-refractivity contribution in [1.29, 1.82) is 0 Å². The number of carbonyl (C=O) groups excluding carboxylic acids is 2. The number of benzene rings is 1. The van der Waals surface area contributed by atoms with Gasteiger partial charge in [-0.3, -0.25) is 14.3 Å². The zero-order valence-corrected chi connectivity index (χ0v) is 23.4. The fourth-order valence-corrected chi connectivity index (χ4v) is 5.18. The summed E-state index contributed by atoms with van der Waals surface area (Å²) in [7, 11) is -4.22. The number of hydrogen-bond donors (Lipinski definition) is 2. The number of rotatable bonds is 11. The van der Waals surface area contributed by atoms with Crippen molar-refractivity contribution < 1.29 is 53.5 Å². The molecule has 1 saturated carbocycles. The minimum Gasteiger partial charge on any atom is -0.493 e. The molecule has 0 saturated heterocycles. The Labute approximate surface area is 241 Å². The predicted molar refractivity (Wildman–Crippen MR) is 137 cm³/mol. The smallest absolute Gasteiger partial charge is 0.416 e. The summed E-state index contributed by atoms with van der Waals surface area (Å²) in [5.74, 6) is -4.66. The second-order valence-electron chi connectivity index (χ2n) is 10.4. The summed E-state index contributed by atoms with van der Waals surface area (Å²) in [6.45, 7) is -0.117. The molecule has 9 nitrogen and oxygen atoms in total.